The van der Waals surface area contributed by atoms with Gasteiger partial charge in [0.2, 0.25) is 0 Å². The molecule has 2 aromatic rings. The van der Waals surface area contributed by atoms with Crippen LogP contribution in [0.5, 0.6) is 0 Å². The summed E-state index contributed by atoms with van der Waals surface area (Å²) in [5.41, 5.74) is 0.924. The van der Waals surface area contributed by atoms with E-state index < -0.39 is 0 Å². The first kappa shape index (κ1) is 14.1. The highest BCUT2D eigenvalue weighted by atomic mass is 79.9. The van der Waals surface area contributed by atoms with Gasteiger partial charge in [0, 0.05) is 9.86 Å². The van der Waals surface area contributed by atoms with E-state index >= 15 is 0 Å². The molecule has 1 heterocycles. The Kier molecular flexibility index (Phi) is 4.15. The van der Waals surface area contributed by atoms with Crippen LogP contribution in [-0.4, -0.2) is 17.8 Å². The van der Waals surface area contributed by atoms with Crippen molar-refractivity contribution in [2.75, 3.05) is 6.54 Å². The third-order valence-corrected chi connectivity index (χ3v) is 4.64. The quantitative estimate of drug-likeness (QED) is 0.885. The Labute approximate surface area is 127 Å². The molecule has 0 saturated heterocycles. The highest BCUT2D eigenvalue weighted by Crippen LogP contribution is 2.28. The van der Waals surface area contributed by atoms with Crippen molar-refractivity contribution in [2.45, 2.75) is 38.3 Å². The highest BCUT2D eigenvalue weighted by molar-refractivity contribution is 9.10. The van der Waals surface area contributed by atoms with Gasteiger partial charge in [0.25, 0.3) is 0 Å². The third-order valence-electron chi connectivity index (χ3n) is 4.15. The number of hydrogen-bond donors (Lipinski definition) is 2. The van der Waals surface area contributed by atoms with Crippen molar-refractivity contribution >= 4 is 26.9 Å². The normalized spacial score (nSPS) is 24.4. The van der Waals surface area contributed by atoms with Crippen LogP contribution in [0.3, 0.4) is 0 Å². The molecule has 1 aromatic heterocycles. The Balaban J connectivity index is 1.64. The Morgan fingerprint density at radius 3 is 3.00 bits per heavy atom. The van der Waals surface area contributed by atoms with Crippen molar-refractivity contribution in [1.29, 1.82) is 0 Å². The van der Waals surface area contributed by atoms with Gasteiger partial charge in [-0.3, -0.25) is 0 Å². The fourth-order valence-corrected chi connectivity index (χ4v) is 3.30. The van der Waals surface area contributed by atoms with Gasteiger partial charge in [-0.1, -0.05) is 15.9 Å². The molecule has 3 nitrogen and oxygen atoms in total. The molecule has 0 radical (unpaired) electrons. The van der Waals surface area contributed by atoms with E-state index in [2.05, 4.69) is 40.3 Å². The molecule has 0 amide bonds. The summed E-state index contributed by atoms with van der Waals surface area (Å²) in [6.07, 6.45) is 2.89. The van der Waals surface area contributed by atoms with E-state index in [1.54, 1.807) is 0 Å². The maximum atomic E-state index is 9.55. The van der Waals surface area contributed by atoms with E-state index in [9.17, 15) is 5.11 Å². The maximum Gasteiger partial charge on any atom is 0.134 e. The molecular weight excluding hydrogens is 318 g/mol. The molecule has 4 heteroatoms. The molecule has 20 heavy (non-hydrogen) atoms. The number of nitrogens with one attached hydrogen (secondary N) is 1. The average Bonchev–Trinajstić information content (AvgIpc) is 3.01. The van der Waals surface area contributed by atoms with Crippen LogP contribution in [0.2, 0.25) is 0 Å². The fourth-order valence-electron chi connectivity index (χ4n) is 2.93. The number of halogens is 1. The zero-order chi connectivity index (χ0) is 14.1. The van der Waals surface area contributed by atoms with Crippen molar-refractivity contribution in [3.05, 3.63) is 34.5 Å². The van der Waals surface area contributed by atoms with E-state index in [0.717, 1.165) is 47.0 Å². The molecule has 0 spiro atoms. The minimum absolute atomic E-state index is 0.0966. The summed E-state index contributed by atoms with van der Waals surface area (Å²) in [5.74, 6) is 1.56. The Morgan fingerprint density at radius 2 is 2.25 bits per heavy atom. The fraction of sp³-hybridized carbons (Fsp3) is 0.500. The monoisotopic (exact) mass is 337 g/mol. The number of fused-ring (bicyclic) bond motifs is 1. The van der Waals surface area contributed by atoms with Crippen molar-refractivity contribution in [1.82, 2.24) is 5.32 Å². The van der Waals surface area contributed by atoms with Crippen molar-refractivity contribution < 1.29 is 9.52 Å². The van der Waals surface area contributed by atoms with Crippen molar-refractivity contribution in [3.8, 4) is 0 Å². The molecule has 3 rings (SSSR count). The number of aliphatic hydroxyl groups is 1. The standard InChI is InChI=1S/C16H20BrNO2/c1-10(18-9-11-2-4-14(19)6-11)16-8-12-7-13(17)3-5-15(12)20-16/h3,5,7-8,10-11,14,18-19H,2,4,6,9H2,1H3. The van der Waals surface area contributed by atoms with Crippen LogP contribution >= 0.6 is 15.9 Å². The van der Waals surface area contributed by atoms with Gasteiger partial charge in [-0.2, -0.15) is 0 Å². The van der Waals surface area contributed by atoms with Crippen molar-refractivity contribution in [3.63, 3.8) is 0 Å². The molecule has 2 N–H and O–H groups in total. The van der Waals surface area contributed by atoms with E-state index in [0.29, 0.717) is 5.92 Å². The van der Waals surface area contributed by atoms with Gasteiger partial charge in [-0.05, 0) is 62.9 Å². The summed E-state index contributed by atoms with van der Waals surface area (Å²) in [6.45, 7) is 3.07. The lowest BCUT2D eigenvalue weighted by molar-refractivity contribution is 0.177. The summed E-state index contributed by atoms with van der Waals surface area (Å²) >= 11 is 3.48. The summed E-state index contributed by atoms with van der Waals surface area (Å²) in [4.78, 5) is 0. The molecule has 1 aliphatic rings. The minimum Gasteiger partial charge on any atom is -0.459 e. The first-order chi connectivity index (χ1) is 9.61. The molecule has 108 valence electrons. The van der Waals surface area contributed by atoms with Crippen LogP contribution in [0.15, 0.2) is 33.2 Å². The van der Waals surface area contributed by atoms with Gasteiger partial charge in [-0.15, -0.1) is 0 Å². The minimum atomic E-state index is -0.0966. The predicted octanol–water partition coefficient (Wildman–Crippen LogP) is 4.01. The zero-order valence-corrected chi connectivity index (χ0v) is 13.2. The predicted molar refractivity (Wildman–Crippen MR) is 83.7 cm³/mol. The zero-order valence-electron chi connectivity index (χ0n) is 11.6. The lowest BCUT2D eigenvalue weighted by Crippen LogP contribution is -2.24. The molecule has 0 bridgehead atoms. The molecule has 1 saturated carbocycles. The molecule has 0 aliphatic heterocycles. The Bertz CT molecular complexity index is 595. The topological polar surface area (TPSA) is 45.4 Å². The number of rotatable bonds is 4. The molecular formula is C16H20BrNO2. The van der Waals surface area contributed by atoms with Crippen LogP contribution in [0, 0.1) is 5.92 Å². The van der Waals surface area contributed by atoms with E-state index in [1.165, 1.54) is 0 Å². The van der Waals surface area contributed by atoms with Gasteiger partial charge in [0.1, 0.15) is 11.3 Å². The lowest BCUT2D eigenvalue weighted by Gasteiger charge is -2.15. The summed E-state index contributed by atoms with van der Waals surface area (Å²) < 4.78 is 6.96. The van der Waals surface area contributed by atoms with Gasteiger partial charge in [0.05, 0.1) is 12.1 Å². The second kappa shape index (κ2) is 5.88. The first-order valence-corrected chi connectivity index (χ1v) is 8.01. The number of aliphatic hydroxyl groups excluding tert-OH is 1. The molecule has 1 aromatic carbocycles. The average molecular weight is 338 g/mol. The lowest BCUT2D eigenvalue weighted by atomic mass is 10.1. The largest absolute Gasteiger partial charge is 0.459 e. The summed E-state index contributed by atoms with van der Waals surface area (Å²) in [5, 5.41) is 14.2. The number of furan rings is 1. The molecule has 1 aliphatic carbocycles. The van der Waals surface area contributed by atoms with E-state index in [1.807, 2.05) is 12.1 Å². The highest BCUT2D eigenvalue weighted by Gasteiger charge is 2.23. The van der Waals surface area contributed by atoms with E-state index in [-0.39, 0.29) is 12.1 Å². The summed E-state index contributed by atoms with van der Waals surface area (Å²) in [6, 6.07) is 8.35. The Morgan fingerprint density at radius 1 is 1.40 bits per heavy atom. The maximum absolute atomic E-state index is 9.55. The van der Waals surface area contributed by atoms with Crippen LogP contribution in [0.4, 0.5) is 0 Å². The van der Waals surface area contributed by atoms with Crippen LogP contribution in [0.25, 0.3) is 11.0 Å². The number of benzene rings is 1. The second-order valence-corrected chi connectivity index (χ2v) is 6.71. The van der Waals surface area contributed by atoms with E-state index in [4.69, 9.17) is 4.42 Å². The van der Waals surface area contributed by atoms with Crippen LogP contribution in [-0.2, 0) is 0 Å². The van der Waals surface area contributed by atoms with Gasteiger partial charge in [-0.25, -0.2) is 0 Å². The Hall–Kier alpha value is -0.840. The SMILES string of the molecule is CC(NCC1CCC(O)C1)c1cc2cc(Br)ccc2o1. The molecule has 3 unspecified atom stereocenters. The van der Waals surface area contributed by atoms with Gasteiger partial charge >= 0.3 is 0 Å². The van der Waals surface area contributed by atoms with Crippen LogP contribution < -0.4 is 5.32 Å². The third kappa shape index (κ3) is 3.08. The molecule has 1 fully saturated rings. The smallest absolute Gasteiger partial charge is 0.134 e. The van der Waals surface area contributed by atoms with Crippen LogP contribution in [0.1, 0.15) is 38.0 Å². The van der Waals surface area contributed by atoms with Crippen molar-refractivity contribution in [2.24, 2.45) is 5.92 Å². The van der Waals surface area contributed by atoms with Gasteiger partial charge < -0.3 is 14.8 Å². The van der Waals surface area contributed by atoms with Gasteiger partial charge in [0.15, 0.2) is 0 Å². The summed E-state index contributed by atoms with van der Waals surface area (Å²) in [7, 11) is 0. The second-order valence-electron chi connectivity index (χ2n) is 5.79. The molecule has 3 atom stereocenters. The number of hydrogen-bond acceptors (Lipinski definition) is 3. The first-order valence-electron chi connectivity index (χ1n) is 7.22.